The molecule has 2 aromatic carbocycles. The second-order valence-corrected chi connectivity index (χ2v) is 9.35. The number of hydrogen-bond acceptors (Lipinski definition) is 4. The maximum atomic E-state index is 14.5. The number of aromatic nitrogens is 1. The number of benzene rings is 2. The first-order valence-electron chi connectivity index (χ1n) is 9.74. The molecule has 31 heavy (non-hydrogen) atoms. The van der Waals surface area contributed by atoms with Crippen molar-refractivity contribution in [2.24, 2.45) is 0 Å². The van der Waals surface area contributed by atoms with Crippen LogP contribution in [0.15, 0.2) is 65.7 Å². The molecule has 1 amide bonds. The summed E-state index contributed by atoms with van der Waals surface area (Å²) in [7, 11) is -1.51. The van der Waals surface area contributed by atoms with Crippen LogP contribution in [0.2, 0.25) is 0 Å². The first-order valence-corrected chi connectivity index (χ1v) is 11.5. The van der Waals surface area contributed by atoms with Crippen molar-refractivity contribution >= 4 is 21.3 Å². The number of carbonyl (C=O) groups excluding carboxylic acids is 1. The van der Waals surface area contributed by atoms with Crippen molar-refractivity contribution in [3.63, 3.8) is 0 Å². The summed E-state index contributed by atoms with van der Waals surface area (Å²) in [6.45, 7) is 1.72. The number of hydrogen-bond donors (Lipinski definition) is 1. The lowest BCUT2D eigenvalue weighted by atomic mass is 10.0. The van der Waals surface area contributed by atoms with Crippen LogP contribution in [0.1, 0.15) is 18.9 Å². The molecule has 1 heterocycles. The summed E-state index contributed by atoms with van der Waals surface area (Å²) < 4.78 is 48.5. The Bertz CT molecular complexity index is 1180. The molecule has 1 atom stereocenters. The van der Waals surface area contributed by atoms with Crippen LogP contribution in [0, 0.1) is 16.5 Å². The molecule has 0 bridgehead atoms. The molecule has 3 aromatic rings. The molecule has 1 N–H and O–H groups in total. The van der Waals surface area contributed by atoms with Gasteiger partial charge in [0.2, 0.25) is 11.9 Å². The number of nitrogens with zero attached hydrogens (tertiary/aromatic N) is 2. The van der Waals surface area contributed by atoms with Gasteiger partial charge in [0.25, 0.3) is 0 Å². The van der Waals surface area contributed by atoms with Crippen LogP contribution in [0.4, 0.5) is 14.5 Å². The Balaban J connectivity index is 1.75. The highest BCUT2D eigenvalue weighted by molar-refractivity contribution is 7.92. The maximum Gasteiger partial charge on any atom is 0.226 e. The SMILES string of the molecule is CCC(=O)N(C)c1ccc(-c2ccc(S(=N)(=O)CCc3ccc(F)nc3)cc2)cc1F. The predicted molar refractivity (Wildman–Crippen MR) is 117 cm³/mol. The molecule has 0 aliphatic rings. The summed E-state index contributed by atoms with van der Waals surface area (Å²) in [6.07, 6.45) is 1.99. The van der Waals surface area contributed by atoms with Gasteiger partial charge in [-0.3, -0.25) is 4.79 Å². The van der Waals surface area contributed by atoms with E-state index in [0.29, 0.717) is 28.0 Å². The largest absolute Gasteiger partial charge is 0.313 e. The number of nitrogens with one attached hydrogen (secondary N) is 1. The minimum atomic E-state index is -3.05. The van der Waals surface area contributed by atoms with Crippen molar-refractivity contribution in [1.29, 1.82) is 4.78 Å². The quantitative estimate of drug-likeness (QED) is 0.520. The highest BCUT2D eigenvalue weighted by Crippen LogP contribution is 2.27. The maximum absolute atomic E-state index is 14.5. The van der Waals surface area contributed by atoms with Gasteiger partial charge in [0.05, 0.1) is 15.4 Å². The molecule has 0 aliphatic carbocycles. The highest BCUT2D eigenvalue weighted by Gasteiger charge is 2.15. The van der Waals surface area contributed by atoms with Gasteiger partial charge in [-0.05, 0) is 53.4 Å². The minimum Gasteiger partial charge on any atom is -0.313 e. The predicted octanol–water partition coefficient (Wildman–Crippen LogP) is 5.05. The van der Waals surface area contributed by atoms with E-state index in [-0.39, 0.29) is 23.8 Å². The normalized spacial score (nSPS) is 12.9. The highest BCUT2D eigenvalue weighted by atomic mass is 32.2. The lowest BCUT2D eigenvalue weighted by Gasteiger charge is -2.18. The first kappa shape index (κ1) is 22.6. The Labute approximate surface area is 180 Å². The Morgan fingerprint density at radius 2 is 1.74 bits per heavy atom. The summed E-state index contributed by atoms with van der Waals surface area (Å²) in [5.74, 6) is -1.19. The van der Waals surface area contributed by atoms with Gasteiger partial charge in [-0.2, -0.15) is 4.39 Å². The molecule has 0 radical (unpaired) electrons. The minimum absolute atomic E-state index is 0.0841. The molecular weight excluding hydrogens is 420 g/mol. The van der Waals surface area contributed by atoms with E-state index in [1.54, 1.807) is 49.4 Å². The van der Waals surface area contributed by atoms with Crippen molar-refractivity contribution in [2.45, 2.75) is 24.7 Å². The summed E-state index contributed by atoms with van der Waals surface area (Å²) in [4.78, 5) is 17.0. The molecule has 1 unspecified atom stereocenters. The number of amides is 1. The third-order valence-electron chi connectivity index (χ3n) is 5.02. The fraction of sp³-hybridized carbons (Fsp3) is 0.217. The molecule has 0 spiro atoms. The molecular formula is C23H23F2N3O2S. The standard InChI is InChI=1S/C23H23F2N3O2S/c1-3-23(29)28(2)21-10-7-18(14-20(21)24)17-5-8-19(9-6-17)31(26,30)13-12-16-4-11-22(25)27-15-16/h4-11,14-15,26H,3,12-13H2,1-2H3. The van der Waals surface area contributed by atoms with Gasteiger partial charge in [0.1, 0.15) is 5.82 Å². The second kappa shape index (κ2) is 9.34. The number of pyridine rings is 1. The van der Waals surface area contributed by atoms with Crippen LogP contribution < -0.4 is 4.90 Å². The van der Waals surface area contributed by atoms with E-state index < -0.39 is 21.5 Å². The van der Waals surface area contributed by atoms with Crippen LogP contribution in [-0.2, 0) is 20.9 Å². The van der Waals surface area contributed by atoms with Crippen molar-refractivity contribution < 1.29 is 17.8 Å². The van der Waals surface area contributed by atoms with Crippen LogP contribution in [0.3, 0.4) is 0 Å². The zero-order valence-electron chi connectivity index (χ0n) is 17.3. The molecule has 5 nitrogen and oxygen atoms in total. The summed E-state index contributed by atoms with van der Waals surface area (Å²) in [5, 5.41) is 0. The van der Waals surface area contributed by atoms with Gasteiger partial charge in [0, 0.05) is 30.3 Å². The van der Waals surface area contributed by atoms with Crippen molar-refractivity contribution in [3.05, 3.63) is 78.1 Å². The van der Waals surface area contributed by atoms with Crippen LogP contribution in [-0.4, -0.2) is 27.9 Å². The number of carbonyl (C=O) groups is 1. The van der Waals surface area contributed by atoms with E-state index in [4.69, 9.17) is 4.78 Å². The Morgan fingerprint density at radius 1 is 1.06 bits per heavy atom. The fourth-order valence-corrected chi connectivity index (χ4v) is 4.47. The summed E-state index contributed by atoms with van der Waals surface area (Å²) in [5.41, 5.74) is 2.23. The fourth-order valence-electron chi connectivity index (χ4n) is 3.13. The Kier molecular flexibility index (Phi) is 6.80. The average molecular weight is 444 g/mol. The zero-order chi connectivity index (χ0) is 22.6. The van der Waals surface area contributed by atoms with Gasteiger partial charge >= 0.3 is 0 Å². The third-order valence-corrected chi connectivity index (χ3v) is 6.83. The van der Waals surface area contributed by atoms with E-state index in [9.17, 15) is 17.8 Å². The van der Waals surface area contributed by atoms with Gasteiger partial charge in [0.15, 0.2) is 0 Å². The lowest BCUT2D eigenvalue weighted by Crippen LogP contribution is -2.25. The molecule has 1 aromatic heterocycles. The molecule has 0 saturated carbocycles. The van der Waals surface area contributed by atoms with Gasteiger partial charge < -0.3 is 4.90 Å². The van der Waals surface area contributed by atoms with E-state index in [2.05, 4.69) is 4.98 Å². The van der Waals surface area contributed by atoms with E-state index in [1.165, 1.54) is 30.3 Å². The monoisotopic (exact) mass is 443 g/mol. The Morgan fingerprint density at radius 3 is 2.32 bits per heavy atom. The van der Waals surface area contributed by atoms with Crippen LogP contribution in [0.25, 0.3) is 11.1 Å². The van der Waals surface area contributed by atoms with Gasteiger partial charge in [-0.1, -0.05) is 31.2 Å². The molecule has 3 rings (SSSR count). The topological polar surface area (TPSA) is 74.1 Å². The van der Waals surface area contributed by atoms with Crippen LogP contribution >= 0.6 is 0 Å². The third kappa shape index (κ3) is 5.32. The van der Waals surface area contributed by atoms with Crippen molar-refractivity contribution in [2.75, 3.05) is 17.7 Å². The van der Waals surface area contributed by atoms with Crippen molar-refractivity contribution in [3.8, 4) is 11.1 Å². The molecule has 0 saturated heterocycles. The summed E-state index contributed by atoms with van der Waals surface area (Å²) in [6, 6.07) is 14.0. The Hall–Kier alpha value is -3.13. The number of halogens is 2. The molecule has 8 heteroatoms. The van der Waals surface area contributed by atoms with Gasteiger partial charge in [-0.15, -0.1) is 0 Å². The van der Waals surface area contributed by atoms with Crippen molar-refractivity contribution in [1.82, 2.24) is 4.98 Å². The number of aryl methyl sites for hydroxylation is 1. The van der Waals surface area contributed by atoms with Gasteiger partial charge in [-0.25, -0.2) is 18.4 Å². The second-order valence-electron chi connectivity index (χ2n) is 7.12. The molecule has 0 fully saturated rings. The van der Waals surface area contributed by atoms with Crippen LogP contribution in [0.5, 0.6) is 0 Å². The summed E-state index contributed by atoms with van der Waals surface area (Å²) >= 11 is 0. The van der Waals surface area contributed by atoms with E-state index in [1.807, 2.05) is 0 Å². The number of anilines is 1. The average Bonchev–Trinajstić information content (AvgIpc) is 2.77. The first-order chi connectivity index (χ1) is 14.7. The van der Waals surface area contributed by atoms with E-state index >= 15 is 0 Å². The molecule has 0 aliphatic heterocycles. The zero-order valence-corrected chi connectivity index (χ0v) is 18.1. The lowest BCUT2D eigenvalue weighted by molar-refractivity contribution is -0.118. The van der Waals surface area contributed by atoms with E-state index in [0.717, 1.165) is 0 Å². The molecule has 162 valence electrons. The number of rotatable bonds is 7. The smallest absolute Gasteiger partial charge is 0.226 e.